The molecule has 0 amide bonds. The van der Waals surface area contributed by atoms with Crippen molar-refractivity contribution in [2.24, 2.45) is 0 Å². The molecule has 1 aromatic heterocycles. The minimum absolute atomic E-state index is 0.213. The molecule has 1 N–H and O–H groups in total. The summed E-state index contributed by atoms with van der Waals surface area (Å²) in [6.07, 6.45) is 0. The van der Waals surface area contributed by atoms with Crippen molar-refractivity contribution in [1.82, 2.24) is 15.0 Å². The lowest BCUT2D eigenvalue weighted by Gasteiger charge is -2.29. The van der Waals surface area contributed by atoms with Crippen LogP contribution >= 0.6 is 0 Å². The van der Waals surface area contributed by atoms with Gasteiger partial charge in [-0.15, -0.1) is 0 Å². The van der Waals surface area contributed by atoms with Crippen molar-refractivity contribution in [3.05, 3.63) is 60.7 Å². The van der Waals surface area contributed by atoms with Crippen LogP contribution in [0.15, 0.2) is 60.7 Å². The Bertz CT molecular complexity index is 874. The van der Waals surface area contributed by atoms with Gasteiger partial charge in [0.25, 0.3) is 0 Å². The highest BCUT2D eigenvalue weighted by Gasteiger charge is 2.21. The average molecular weight is 390 g/mol. The van der Waals surface area contributed by atoms with E-state index in [1.807, 2.05) is 36.4 Å². The lowest BCUT2D eigenvalue weighted by molar-refractivity contribution is 0.122. The third-order valence-corrected chi connectivity index (χ3v) is 4.55. The summed E-state index contributed by atoms with van der Waals surface area (Å²) in [5.41, 5.74) is 1.99. The van der Waals surface area contributed by atoms with Gasteiger partial charge in [0, 0.05) is 30.5 Å². The predicted octanol–water partition coefficient (Wildman–Crippen LogP) is 4.00. The lowest BCUT2D eigenvalue weighted by Crippen LogP contribution is -2.38. The molecule has 1 aliphatic rings. The van der Waals surface area contributed by atoms with Crippen LogP contribution in [0.4, 0.5) is 29.2 Å². The zero-order chi connectivity index (χ0) is 20.1. The number of anilines is 5. The van der Waals surface area contributed by atoms with Gasteiger partial charge in [0.2, 0.25) is 17.8 Å². The molecule has 0 bridgehead atoms. The van der Waals surface area contributed by atoms with Crippen LogP contribution in [0.25, 0.3) is 0 Å². The van der Waals surface area contributed by atoms with Crippen LogP contribution in [0, 0.1) is 0 Å². The molecular weight excluding hydrogens is 364 g/mol. The van der Waals surface area contributed by atoms with E-state index in [-0.39, 0.29) is 6.04 Å². The van der Waals surface area contributed by atoms with Crippen LogP contribution in [-0.2, 0) is 4.74 Å². The van der Waals surface area contributed by atoms with E-state index in [2.05, 4.69) is 58.2 Å². The minimum Gasteiger partial charge on any atom is -0.378 e. The fraction of sp³-hybridized carbons (Fsp3) is 0.318. The smallest absolute Gasteiger partial charge is 0.241 e. The standard InChI is InChI=1S/C22H26N6O/c1-17(2)23-20-24-21(27-13-15-29-16-14-27)26-22(25-20)28(18-9-5-3-6-10-18)19-11-7-4-8-12-19/h3-12,17H,13-16H2,1-2H3,(H,23,24,25,26). The largest absolute Gasteiger partial charge is 0.378 e. The van der Waals surface area contributed by atoms with Gasteiger partial charge in [-0.25, -0.2) is 0 Å². The van der Waals surface area contributed by atoms with Gasteiger partial charge in [-0.2, -0.15) is 15.0 Å². The zero-order valence-electron chi connectivity index (χ0n) is 16.8. The summed E-state index contributed by atoms with van der Waals surface area (Å²) in [5, 5.41) is 3.34. The number of aromatic nitrogens is 3. The summed E-state index contributed by atoms with van der Waals surface area (Å²) in [7, 11) is 0. The fourth-order valence-corrected chi connectivity index (χ4v) is 3.22. The molecule has 7 nitrogen and oxygen atoms in total. The molecule has 0 unspecified atom stereocenters. The quantitative estimate of drug-likeness (QED) is 0.682. The second kappa shape index (κ2) is 8.87. The van der Waals surface area contributed by atoms with Crippen molar-refractivity contribution < 1.29 is 4.74 Å². The van der Waals surface area contributed by atoms with Gasteiger partial charge >= 0.3 is 0 Å². The first-order valence-electron chi connectivity index (χ1n) is 9.96. The predicted molar refractivity (Wildman–Crippen MR) is 116 cm³/mol. The molecule has 0 aliphatic carbocycles. The molecule has 1 saturated heterocycles. The van der Waals surface area contributed by atoms with E-state index in [4.69, 9.17) is 14.7 Å². The molecule has 2 heterocycles. The van der Waals surface area contributed by atoms with Crippen molar-refractivity contribution in [3.63, 3.8) is 0 Å². The van der Waals surface area contributed by atoms with Gasteiger partial charge in [-0.05, 0) is 38.1 Å². The van der Waals surface area contributed by atoms with Gasteiger partial charge in [-0.1, -0.05) is 36.4 Å². The molecule has 0 radical (unpaired) electrons. The topological polar surface area (TPSA) is 66.4 Å². The first-order chi connectivity index (χ1) is 14.2. The monoisotopic (exact) mass is 390 g/mol. The van der Waals surface area contributed by atoms with Crippen molar-refractivity contribution >= 4 is 29.2 Å². The highest BCUT2D eigenvalue weighted by molar-refractivity contribution is 5.73. The van der Waals surface area contributed by atoms with E-state index in [1.54, 1.807) is 0 Å². The molecule has 0 spiro atoms. The van der Waals surface area contributed by atoms with Crippen LogP contribution in [0.1, 0.15) is 13.8 Å². The normalized spacial score (nSPS) is 14.1. The highest BCUT2D eigenvalue weighted by Crippen LogP contribution is 2.33. The maximum atomic E-state index is 5.49. The summed E-state index contributed by atoms with van der Waals surface area (Å²) < 4.78 is 5.49. The number of morpholine rings is 1. The van der Waals surface area contributed by atoms with Crippen molar-refractivity contribution in [2.75, 3.05) is 41.4 Å². The summed E-state index contributed by atoms with van der Waals surface area (Å²) >= 11 is 0. The molecular formula is C22H26N6O. The van der Waals surface area contributed by atoms with E-state index in [0.29, 0.717) is 31.1 Å². The molecule has 4 rings (SSSR count). The van der Waals surface area contributed by atoms with Crippen molar-refractivity contribution in [1.29, 1.82) is 0 Å². The molecule has 1 fully saturated rings. The van der Waals surface area contributed by atoms with Gasteiger partial charge < -0.3 is 15.0 Å². The molecule has 2 aromatic carbocycles. The van der Waals surface area contributed by atoms with E-state index >= 15 is 0 Å². The third-order valence-electron chi connectivity index (χ3n) is 4.55. The minimum atomic E-state index is 0.213. The number of nitrogens with one attached hydrogen (secondary N) is 1. The van der Waals surface area contributed by atoms with Crippen molar-refractivity contribution in [2.45, 2.75) is 19.9 Å². The first-order valence-corrected chi connectivity index (χ1v) is 9.96. The number of rotatable bonds is 6. The van der Waals surface area contributed by atoms with E-state index in [1.165, 1.54) is 0 Å². The molecule has 1 aliphatic heterocycles. The molecule has 0 saturated carbocycles. The molecule has 0 atom stereocenters. The average Bonchev–Trinajstić information content (AvgIpc) is 2.75. The summed E-state index contributed by atoms with van der Waals surface area (Å²) in [6.45, 7) is 7.03. The molecule has 7 heteroatoms. The lowest BCUT2D eigenvalue weighted by atomic mass is 10.2. The maximum Gasteiger partial charge on any atom is 0.241 e. The highest BCUT2D eigenvalue weighted by atomic mass is 16.5. The Morgan fingerprint density at radius 1 is 0.862 bits per heavy atom. The Morgan fingerprint density at radius 2 is 1.45 bits per heavy atom. The van der Waals surface area contributed by atoms with Gasteiger partial charge in [0.15, 0.2) is 0 Å². The van der Waals surface area contributed by atoms with Crippen LogP contribution < -0.4 is 15.1 Å². The first kappa shape index (κ1) is 19.1. The summed E-state index contributed by atoms with van der Waals surface area (Å²) in [6, 6.07) is 20.5. The van der Waals surface area contributed by atoms with Crippen LogP contribution in [-0.4, -0.2) is 47.3 Å². The Hall–Kier alpha value is -3.19. The van der Waals surface area contributed by atoms with E-state index < -0.39 is 0 Å². The van der Waals surface area contributed by atoms with Gasteiger partial charge in [0.05, 0.1) is 13.2 Å². The van der Waals surface area contributed by atoms with E-state index in [9.17, 15) is 0 Å². The van der Waals surface area contributed by atoms with Crippen LogP contribution in [0.3, 0.4) is 0 Å². The number of ether oxygens (including phenoxy) is 1. The molecule has 29 heavy (non-hydrogen) atoms. The Kier molecular flexibility index (Phi) is 5.86. The summed E-state index contributed by atoms with van der Waals surface area (Å²) in [5.74, 6) is 1.82. The Morgan fingerprint density at radius 3 is 2.00 bits per heavy atom. The number of benzene rings is 2. The summed E-state index contributed by atoms with van der Waals surface area (Å²) in [4.78, 5) is 18.5. The van der Waals surface area contributed by atoms with Crippen LogP contribution in [0.5, 0.6) is 0 Å². The SMILES string of the molecule is CC(C)Nc1nc(N2CCOCC2)nc(N(c2ccccc2)c2ccccc2)n1. The van der Waals surface area contributed by atoms with Gasteiger partial charge in [0.1, 0.15) is 0 Å². The Balaban J connectivity index is 1.82. The second-order valence-corrected chi connectivity index (χ2v) is 7.16. The molecule has 3 aromatic rings. The van der Waals surface area contributed by atoms with Crippen LogP contribution in [0.2, 0.25) is 0 Å². The number of hydrogen-bond acceptors (Lipinski definition) is 7. The maximum absolute atomic E-state index is 5.49. The Labute approximate surface area is 171 Å². The zero-order valence-corrected chi connectivity index (χ0v) is 16.8. The second-order valence-electron chi connectivity index (χ2n) is 7.16. The fourth-order valence-electron chi connectivity index (χ4n) is 3.22. The number of para-hydroxylation sites is 2. The van der Waals surface area contributed by atoms with Gasteiger partial charge in [-0.3, -0.25) is 4.90 Å². The third kappa shape index (κ3) is 4.63. The number of nitrogens with zero attached hydrogens (tertiary/aromatic N) is 5. The van der Waals surface area contributed by atoms with E-state index in [0.717, 1.165) is 24.5 Å². The van der Waals surface area contributed by atoms with Crippen molar-refractivity contribution in [3.8, 4) is 0 Å². The number of hydrogen-bond donors (Lipinski definition) is 1. The molecule has 150 valence electrons.